The summed E-state index contributed by atoms with van der Waals surface area (Å²) in [6.45, 7) is 2.47. The summed E-state index contributed by atoms with van der Waals surface area (Å²) in [6, 6.07) is 0. The van der Waals surface area contributed by atoms with Crippen LogP contribution in [0.3, 0.4) is 0 Å². The van der Waals surface area contributed by atoms with Crippen LogP contribution in [-0.4, -0.2) is 95.9 Å². The maximum atomic E-state index is 13.1. The Morgan fingerprint density at radius 1 is 0.240 bits per heavy atom. The van der Waals surface area contributed by atoms with Gasteiger partial charge in [0.25, 0.3) is 0 Å². The second-order valence-electron chi connectivity index (χ2n) is 32.1. The van der Waals surface area contributed by atoms with Crippen molar-refractivity contribution in [2.45, 2.75) is 424 Å². The van der Waals surface area contributed by atoms with Crippen molar-refractivity contribution < 1.29 is 75.8 Å². The molecule has 16 nitrogen and oxygen atoms in total. The first-order valence-corrected chi connectivity index (χ1v) is 51.4. The quantitative estimate of drug-likeness (QED) is 0.0146. The van der Waals surface area contributed by atoms with Crippen LogP contribution in [0.25, 0.3) is 0 Å². The van der Waals surface area contributed by atoms with Gasteiger partial charge in [0.05, 0.1) is 26.4 Å². The standard InChI is InChI=1S/C103H176O16P2/c1-4-7-10-13-16-19-22-25-28-31-34-37-40-42-44-45-46-47-48-49-50-51-53-55-57-59-62-65-68-71-74-77-80-83-86-89-101(106)113-92-98(104)93-115-120(109,110)116-94-99(105)95-117-121(111,112)118-97-100(119-103(108)91-88-85-82-79-76-73-70-67-64-61-56-39-36-33-30-27-24-21-18-15-12-9-6-3)96-114-102(107)90-87-84-81-78-75-72-69-66-63-60-58-54-52-43-41-38-35-32-29-26-23-20-17-14-11-8-5-2/h8-9,11-12,16-21,25-30,34-39,42-44,52,61,64,98-100,104-105H,4-7,10,13-15,22-24,31-33,40-41,45-51,53-60,62-63,65-97H2,1-3H3,(H,109,110)(H,111,112)/b11-8-,12-9-,19-16-,20-17-,21-18-,28-25-,29-26-,30-27-,37-34-,38-35-,39-36-,44-42-,52-43-,64-61-. The second kappa shape index (κ2) is 94.1. The number of hydrogen-bond donors (Lipinski definition) is 4. The molecule has 121 heavy (non-hydrogen) atoms. The SMILES string of the molecule is CC/C=C\C/C=C\C/C=C\C/C=C\C/C=C\CCCCCCCCCCCCCC(=O)OCC(COP(=O)(O)OCC(O)COP(=O)(O)OCC(O)COC(=O)CCCCCCCCCCCCCCCCCCCCC/C=C\C/C=C\C/C=C\C/C=C\CCCCC)OC(=O)CCCCCCCCC/C=C\C/C=C\C/C=C\C/C=C\C/C=C\CC. The molecule has 18 heteroatoms. The molecule has 0 fully saturated rings. The number of aliphatic hydroxyl groups is 2. The van der Waals surface area contributed by atoms with Gasteiger partial charge in [0.1, 0.15) is 25.4 Å². The van der Waals surface area contributed by atoms with Crippen LogP contribution in [0.5, 0.6) is 0 Å². The zero-order valence-corrected chi connectivity index (χ0v) is 78.4. The fourth-order valence-corrected chi connectivity index (χ4v) is 14.7. The van der Waals surface area contributed by atoms with Crippen LogP contribution in [-0.2, 0) is 55.8 Å². The summed E-state index contributed by atoms with van der Waals surface area (Å²) in [5.74, 6) is -1.58. The van der Waals surface area contributed by atoms with Crippen LogP contribution in [0.1, 0.15) is 406 Å². The van der Waals surface area contributed by atoms with Gasteiger partial charge in [0.15, 0.2) is 6.10 Å². The summed E-state index contributed by atoms with van der Waals surface area (Å²) in [6.07, 6.45) is 123. The van der Waals surface area contributed by atoms with Gasteiger partial charge in [-0.3, -0.25) is 32.5 Å². The summed E-state index contributed by atoms with van der Waals surface area (Å²) in [7, 11) is -9.82. The highest BCUT2D eigenvalue weighted by atomic mass is 31.2. The van der Waals surface area contributed by atoms with E-state index in [0.717, 1.165) is 180 Å². The maximum absolute atomic E-state index is 13.1. The van der Waals surface area contributed by atoms with Gasteiger partial charge < -0.3 is 34.2 Å². The maximum Gasteiger partial charge on any atom is 0.472 e. The van der Waals surface area contributed by atoms with E-state index in [1.54, 1.807) is 0 Å². The first-order valence-electron chi connectivity index (χ1n) is 48.4. The number of phosphoric ester groups is 2. The minimum absolute atomic E-state index is 0.0865. The first kappa shape index (κ1) is 116. The van der Waals surface area contributed by atoms with Crippen LogP contribution in [0.4, 0.5) is 0 Å². The van der Waals surface area contributed by atoms with Gasteiger partial charge in [-0.1, -0.05) is 403 Å². The molecule has 0 aliphatic heterocycles. The lowest BCUT2D eigenvalue weighted by Gasteiger charge is -2.21. The van der Waals surface area contributed by atoms with Gasteiger partial charge >= 0.3 is 33.6 Å². The molecule has 0 aromatic carbocycles. The molecule has 0 aromatic rings. The molecule has 694 valence electrons. The van der Waals surface area contributed by atoms with Crippen molar-refractivity contribution >= 4 is 33.6 Å². The monoisotopic (exact) mass is 1730 g/mol. The first-order chi connectivity index (χ1) is 59.2. The summed E-state index contributed by atoms with van der Waals surface area (Å²) in [4.78, 5) is 59.1. The zero-order valence-electron chi connectivity index (χ0n) is 76.6. The number of allylic oxidation sites excluding steroid dienone is 28. The lowest BCUT2D eigenvalue weighted by molar-refractivity contribution is -0.161. The number of ether oxygens (including phenoxy) is 3. The smallest absolute Gasteiger partial charge is 0.463 e. The number of phosphoric acid groups is 2. The van der Waals surface area contributed by atoms with Crippen molar-refractivity contribution in [3.05, 3.63) is 170 Å². The van der Waals surface area contributed by atoms with E-state index >= 15 is 0 Å². The highest BCUT2D eigenvalue weighted by Crippen LogP contribution is 2.45. The largest absolute Gasteiger partial charge is 0.472 e. The van der Waals surface area contributed by atoms with E-state index in [9.17, 15) is 43.5 Å². The van der Waals surface area contributed by atoms with E-state index in [4.69, 9.17) is 32.3 Å². The van der Waals surface area contributed by atoms with Crippen LogP contribution in [0.2, 0.25) is 0 Å². The Hall–Kier alpha value is -5.09. The number of rotatable bonds is 91. The molecule has 0 saturated heterocycles. The summed E-state index contributed by atoms with van der Waals surface area (Å²) < 4.78 is 61.6. The highest BCUT2D eigenvalue weighted by Gasteiger charge is 2.30. The van der Waals surface area contributed by atoms with Crippen molar-refractivity contribution in [1.82, 2.24) is 0 Å². The van der Waals surface area contributed by atoms with E-state index in [2.05, 4.69) is 191 Å². The molecule has 5 unspecified atom stereocenters. The lowest BCUT2D eigenvalue weighted by Crippen LogP contribution is -2.30. The highest BCUT2D eigenvalue weighted by molar-refractivity contribution is 7.47. The molecule has 5 atom stereocenters. The normalized spacial score (nSPS) is 14.5. The number of hydrogen-bond acceptors (Lipinski definition) is 14. The van der Waals surface area contributed by atoms with Gasteiger partial charge in [-0.2, -0.15) is 0 Å². The Kier molecular flexibility index (Phi) is 90.1. The molecule has 0 heterocycles. The van der Waals surface area contributed by atoms with Crippen LogP contribution in [0, 0.1) is 0 Å². The predicted molar refractivity (Wildman–Crippen MR) is 509 cm³/mol. The van der Waals surface area contributed by atoms with E-state index in [1.807, 2.05) is 0 Å². The fraction of sp³-hybridized carbons (Fsp3) is 0.699. The summed E-state index contributed by atoms with van der Waals surface area (Å²) >= 11 is 0. The van der Waals surface area contributed by atoms with Gasteiger partial charge in [0.2, 0.25) is 0 Å². The molecular weight excluding hydrogens is 1560 g/mol. The van der Waals surface area contributed by atoms with E-state index in [-0.39, 0.29) is 19.3 Å². The second-order valence-corrected chi connectivity index (χ2v) is 35.0. The molecule has 0 aliphatic carbocycles. The number of unbranched alkanes of at least 4 members (excludes halogenated alkanes) is 40. The van der Waals surface area contributed by atoms with Crippen LogP contribution < -0.4 is 0 Å². The van der Waals surface area contributed by atoms with Gasteiger partial charge in [-0.05, 0) is 154 Å². The number of carbonyl (C=O) groups excluding carboxylic acids is 3. The Morgan fingerprint density at radius 3 is 0.694 bits per heavy atom. The third-order valence-corrected chi connectivity index (χ3v) is 22.3. The summed E-state index contributed by atoms with van der Waals surface area (Å²) in [5.41, 5.74) is 0. The Balaban J connectivity index is 4.56. The van der Waals surface area contributed by atoms with Gasteiger partial charge in [-0.25, -0.2) is 9.13 Å². The van der Waals surface area contributed by atoms with Crippen molar-refractivity contribution in [2.24, 2.45) is 0 Å². The fourth-order valence-electron chi connectivity index (χ4n) is 13.1. The molecule has 0 rings (SSSR count). The molecule has 0 aromatic heterocycles. The van der Waals surface area contributed by atoms with Crippen molar-refractivity contribution in [1.29, 1.82) is 0 Å². The molecule has 0 radical (unpaired) electrons. The number of esters is 3. The molecule has 0 aliphatic rings. The predicted octanol–water partition coefficient (Wildman–Crippen LogP) is 30.2. The average Bonchev–Trinajstić information content (AvgIpc) is 0.893. The van der Waals surface area contributed by atoms with E-state index in [0.29, 0.717) is 19.3 Å². The Bertz CT molecular complexity index is 2880. The number of carbonyl (C=O) groups is 3. The summed E-state index contributed by atoms with van der Waals surface area (Å²) in [5, 5.41) is 20.8. The minimum Gasteiger partial charge on any atom is -0.463 e. The van der Waals surface area contributed by atoms with E-state index < -0.39 is 91.5 Å². The molecule has 4 N–H and O–H groups in total. The van der Waals surface area contributed by atoms with Crippen LogP contribution >= 0.6 is 15.6 Å². The van der Waals surface area contributed by atoms with Crippen molar-refractivity contribution in [3.8, 4) is 0 Å². The van der Waals surface area contributed by atoms with Gasteiger partial charge in [-0.15, -0.1) is 0 Å². The molecular formula is C103H176O16P2. The molecule has 0 spiro atoms. The van der Waals surface area contributed by atoms with Gasteiger partial charge in [0, 0.05) is 19.3 Å². The Morgan fingerprint density at radius 2 is 0.438 bits per heavy atom. The third-order valence-electron chi connectivity index (χ3n) is 20.4. The lowest BCUT2D eigenvalue weighted by atomic mass is 10.0. The third kappa shape index (κ3) is 95.4. The molecule has 0 bridgehead atoms. The number of aliphatic hydroxyl groups excluding tert-OH is 2. The zero-order chi connectivity index (χ0) is 87.9. The Labute approximate surface area is 739 Å². The minimum atomic E-state index is -4.95. The van der Waals surface area contributed by atoms with Crippen LogP contribution in [0.15, 0.2) is 170 Å². The van der Waals surface area contributed by atoms with Crippen molar-refractivity contribution in [3.63, 3.8) is 0 Å². The average molecular weight is 1730 g/mol. The van der Waals surface area contributed by atoms with Crippen molar-refractivity contribution in [2.75, 3.05) is 39.6 Å². The molecule has 0 saturated carbocycles. The topological polar surface area (TPSA) is 231 Å². The van der Waals surface area contributed by atoms with E-state index in [1.165, 1.54) is 167 Å². The molecule has 0 amide bonds.